The average Bonchev–Trinajstić information content (AvgIpc) is 2.37. The maximum absolute atomic E-state index is 12.7. The van der Waals surface area contributed by atoms with Gasteiger partial charge in [0.15, 0.2) is 0 Å². The highest BCUT2D eigenvalue weighted by Gasteiger charge is 2.31. The van der Waals surface area contributed by atoms with Crippen LogP contribution in [0.15, 0.2) is 18.2 Å². The van der Waals surface area contributed by atoms with Gasteiger partial charge in [0, 0.05) is 11.7 Å². The Bertz CT molecular complexity index is 508. The third kappa shape index (κ3) is 4.65. The molecule has 1 saturated carbocycles. The van der Waals surface area contributed by atoms with Crippen molar-refractivity contribution in [1.29, 1.82) is 0 Å². The summed E-state index contributed by atoms with van der Waals surface area (Å²) >= 11 is 0. The van der Waals surface area contributed by atoms with Crippen LogP contribution in [0.25, 0.3) is 0 Å². The van der Waals surface area contributed by atoms with Crippen molar-refractivity contribution in [1.82, 2.24) is 5.32 Å². The minimum atomic E-state index is -4.41. The lowest BCUT2D eigenvalue weighted by molar-refractivity contribution is -0.137. The maximum Gasteiger partial charge on any atom is 0.416 e. The number of carbonyl (C=O) groups is 1. The molecule has 6 heteroatoms. The first-order valence-electron chi connectivity index (χ1n) is 7.11. The van der Waals surface area contributed by atoms with Crippen LogP contribution in [0.2, 0.25) is 0 Å². The lowest BCUT2D eigenvalue weighted by atomic mass is 9.96. The van der Waals surface area contributed by atoms with Crippen LogP contribution in [0.3, 0.4) is 0 Å². The molecule has 1 aromatic rings. The van der Waals surface area contributed by atoms with Crippen LogP contribution < -0.4 is 10.6 Å². The van der Waals surface area contributed by atoms with Gasteiger partial charge in [0.2, 0.25) is 0 Å². The zero-order valence-corrected chi connectivity index (χ0v) is 11.9. The molecule has 2 rings (SSSR count). The number of halogens is 3. The second-order valence-electron chi connectivity index (χ2n) is 5.52. The van der Waals surface area contributed by atoms with Crippen LogP contribution in [-0.4, -0.2) is 12.1 Å². The van der Waals surface area contributed by atoms with E-state index < -0.39 is 17.8 Å². The van der Waals surface area contributed by atoms with Crippen LogP contribution in [0.1, 0.15) is 43.2 Å². The van der Waals surface area contributed by atoms with Crippen molar-refractivity contribution < 1.29 is 18.0 Å². The Kier molecular flexibility index (Phi) is 4.75. The Balaban J connectivity index is 2.01. The quantitative estimate of drug-likeness (QED) is 0.831. The molecule has 1 fully saturated rings. The summed E-state index contributed by atoms with van der Waals surface area (Å²) in [5, 5.41) is 5.31. The molecule has 1 aromatic carbocycles. The van der Waals surface area contributed by atoms with Gasteiger partial charge in [0.1, 0.15) is 0 Å². The van der Waals surface area contributed by atoms with Gasteiger partial charge in [-0.15, -0.1) is 0 Å². The largest absolute Gasteiger partial charge is 0.416 e. The van der Waals surface area contributed by atoms with E-state index in [1.165, 1.54) is 12.5 Å². The van der Waals surface area contributed by atoms with Crippen LogP contribution in [0, 0.1) is 6.92 Å². The van der Waals surface area contributed by atoms with Gasteiger partial charge in [-0.3, -0.25) is 0 Å². The van der Waals surface area contributed by atoms with Crippen molar-refractivity contribution in [3.8, 4) is 0 Å². The van der Waals surface area contributed by atoms with E-state index in [4.69, 9.17) is 0 Å². The number of urea groups is 1. The molecule has 0 heterocycles. The van der Waals surface area contributed by atoms with E-state index in [1.807, 2.05) is 0 Å². The predicted molar refractivity (Wildman–Crippen MR) is 75.2 cm³/mol. The summed E-state index contributed by atoms with van der Waals surface area (Å²) in [5.41, 5.74) is -0.135. The third-order valence-electron chi connectivity index (χ3n) is 3.60. The molecule has 2 N–H and O–H groups in total. The van der Waals surface area contributed by atoms with Crippen LogP contribution in [0.4, 0.5) is 23.7 Å². The summed E-state index contributed by atoms with van der Waals surface area (Å²) in [6.07, 6.45) is 0.764. The summed E-state index contributed by atoms with van der Waals surface area (Å²) in [6.45, 7) is 1.57. The molecule has 0 saturated heterocycles. The summed E-state index contributed by atoms with van der Waals surface area (Å²) in [6, 6.07) is 3.21. The summed E-state index contributed by atoms with van der Waals surface area (Å²) in [7, 11) is 0. The molecular formula is C15H19F3N2O. The second kappa shape index (κ2) is 6.37. The second-order valence-corrected chi connectivity index (χ2v) is 5.52. The number of amides is 2. The van der Waals surface area contributed by atoms with E-state index in [0.29, 0.717) is 5.56 Å². The van der Waals surface area contributed by atoms with E-state index in [0.717, 1.165) is 37.8 Å². The number of benzene rings is 1. The smallest absolute Gasteiger partial charge is 0.335 e. The van der Waals surface area contributed by atoms with E-state index in [2.05, 4.69) is 10.6 Å². The first-order valence-corrected chi connectivity index (χ1v) is 7.11. The fourth-order valence-electron chi connectivity index (χ4n) is 2.62. The molecule has 116 valence electrons. The number of alkyl halides is 3. The first kappa shape index (κ1) is 15.7. The average molecular weight is 300 g/mol. The molecule has 2 amide bonds. The topological polar surface area (TPSA) is 41.1 Å². The minimum Gasteiger partial charge on any atom is -0.335 e. The molecule has 3 nitrogen and oxygen atoms in total. The molecule has 21 heavy (non-hydrogen) atoms. The van der Waals surface area contributed by atoms with Gasteiger partial charge in [-0.2, -0.15) is 13.2 Å². The molecule has 0 radical (unpaired) electrons. The fraction of sp³-hybridized carbons (Fsp3) is 0.533. The van der Waals surface area contributed by atoms with Gasteiger partial charge in [0.05, 0.1) is 5.56 Å². The SMILES string of the molecule is Cc1cc(NC(=O)NC2CCCCC2)cc(C(F)(F)F)c1. The van der Waals surface area contributed by atoms with Crippen molar-refractivity contribution >= 4 is 11.7 Å². The Morgan fingerprint density at radius 3 is 2.43 bits per heavy atom. The summed E-state index contributed by atoms with van der Waals surface area (Å²) < 4.78 is 38.2. The van der Waals surface area contributed by atoms with Gasteiger partial charge >= 0.3 is 12.2 Å². The number of rotatable bonds is 2. The number of aryl methyl sites for hydroxylation is 1. The highest BCUT2D eigenvalue weighted by molar-refractivity contribution is 5.89. The standard InChI is InChI=1S/C15H19F3N2O/c1-10-7-11(15(16,17)18)9-13(8-10)20-14(21)19-12-5-3-2-4-6-12/h7-9,12H,2-6H2,1H3,(H2,19,20,21). The fourth-order valence-corrected chi connectivity index (χ4v) is 2.62. The van der Waals surface area contributed by atoms with E-state index in [9.17, 15) is 18.0 Å². The Morgan fingerprint density at radius 1 is 1.14 bits per heavy atom. The molecule has 0 bridgehead atoms. The van der Waals surface area contributed by atoms with Gasteiger partial charge in [-0.25, -0.2) is 4.79 Å². The van der Waals surface area contributed by atoms with E-state index >= 15 is 0 Å². The number of nitrogens with one attached hydrogen (secondary N) is 2. The monoisotopic (exact) mass is 300 g/mol. The first-order chi connectivity index (χ1) is 9.84. The summed E-state index contributed by atoms with van der Waals surface area (Å²) in [4.78, 5) is 11.8. The molecule has 0 aromatic heterocycles. The van der Waals surface area contributed by atoms with Crippen molar-refractivity contribution in [2.45, 2.75) is 51.2 Å². The minimum absolute atomic E-state index is 0.116. The van der Waals surface area contributed by atoms with Crippen molar-refractivity contribution in [2.24, 2.45) is 0 Å². The maximum atomic E-state index is 12.7. The number of anilines is 1. The van der Waals surface area contributed by atoms with Crippen molar-refractivity contribution in [2.75, 3.05) is 5.32 Å². The zero-order valence-electron chi connectivity index (χ0n) is 11.9. The normalized spacial score (nSPS) is 16.6. The van der Waals surface area contributed by atoms with Gasteiger partial charge in [0.25, 0.3) is 0 Å². The lowest BCUT2D eigenvalue weighted by Crippen LogP contribution is -2.39. The molecule has 0 spiro atoms. The van der Waals surface area contributed by atoms with E-state index in [1.54, 1.807) is 6.92 Å². The van der Waals surface area contributed by atoms with Crippen LogP contribution in [0.5, 0.6) is 0 Å². The number of hydrogen-bond acceptors (Lipinski definition) is 1. The Morgan fingerprint density at radius 2 is 1.81 bits per heavy atom. The highest BCUT2D eigenvalue weighted by Crippen LogP contribution is 2.31. The molecule has 0 unspecified atom stereocenters. The van der Waals surface area contributed by atoms with Gasteiger partial charge in [-0.1, -0.05) is 19.3 Å². The third-order valence-corrected chi connectivity index (χ3v) is 3.60. The lowest BCUT2D eigenvalue weighted by Gasteiger charge is -2.23. The molecule has 1 aliphatic rings. The van der Waals surface area contributed by atoms with Crippen LogP contribution in [-0.2, 0) is 6.18 Å². The zero-order chi connectivity index (χ0) is 15.5. The molecular weight excluding hydrogens is 281 g/mol. The highest BCUT2D eigenvalue weighted by atomic mass is 19.4. The predicted octanol–water partition coefficient (Wildman–Crippen LogP) is 4.47. The molecule has 0 atom stereocenters. The van der Waals surface area contributed by atoms with Crippen molar-refractivity contribution in [3.63, 3.8) is 0 Å². The number of hydrogen-bond donors (Lipinski definition) is 2. The summed E-state index contributed by atoms with van der Waals surface area (Å²) in [5.74, 6) is 0. The van der Waals surface area contributed by atoms with Crippen molar-refractivity contribution in [3.05, 3.63) is 29.3 Å². The Hall–Kier alpha value is -1.72. The number of carbonyl (C=O) groups excluding carboxylic acids is 1. The Labute approximate surface area is 121 Å². The molecule has 1 aliphatic carbocycles. The van der Waals surface area contributed by atoms with Crippen LogP contribution >= 0.6 is 0 Å². The van der Waals surface area contributed by atoms with Gasteiger partial charge in [-0.05, 0) is 43.5 Å². The van der Waals surface area contributed by atoms with Gasteiger partial charge < -0.3 is 10.6 Å². The van der Waals surface area contributed by atoms with E-state index in [-0.39, 0.29) is 11.7 Å². The molecule has 0 aliphatic heterocycles.